The van der Waals surface area contributed by atoms with Gasteiger partial charge in [0.05, 0.1) is 5.41 Å². The summed E-state index contributed by atoms with van der Waals surface area (Å²) in [4.78, 5) is 25.2. The molecule has 1 saturated carbocycles. The van der Waals surface area contributed by atoms with Crippen molar-refractivity contribution in [2.45, 2.75) is 30.7 Å². The minimum atomic E-state index is -2.92. The second kappa shape index (κ2) is 6.02. The fourth-order valence-corrected chi connectivity index (χ4v) is 4.84. The van der Waals surface area contributed by atoms with Crippen LogP contribution in [0.5, 0.6) is 0 Å². The molecule has 2 fully saturated rings. The zero-order valence-corrected chi connectivity index (χ0v) is 15.5. The number of amides is 1. The van der Waals surface area contributed by atoms with Crippen molar-refractivity contribution in [3.8, 4) is 11.1 Å². The second-order valence-corrected chi connectivity index (χ2v) is 8.15. The van der Waals surface area contributed by atoms with Gasteiger partial charge in [-0.1, -0.05) is 48.5 Å². The molecule has 29 heavy (non-hydrogen) atoms. The van der Waals surface area contributed by atoms with Gasteiger partial charge in [0, 0.05) is 18.9 Å². The molecule has 2 atom stereocenters. The van der Waals surface area contributed by atoms with Crippen molar-refractivity contribution >= 4 is 12.1 Å². The number of hydrogen-bond acceptors (Lipinski definition) is 3. The summed E-state index contributed by atoms with van der Waals surface area (Å²) in [6.45, 7) is -0.257. The molecular weight excluding hydrogens is 380 g/mol. The van der Waals surface area contributed by atoms with Gasteiger partial charge in [-0.3, -0.25) is 4.90 Å². The maximum absolute atomic E-state index is 13.8. The van der Waals surface area contributed by atoms with E-state index in [9.17, 15) is 23.5 Å². The summed E-state index contributed by atoms with van der Waals surface area (Å²) < 4.78 is 33.0. The minimum absolute atomic E-state index is 0.0269. The van der Waals surface area contributed by atoms with E-state index in [2.05, 4.69) is 0 Å². The topological polar surface area (TPSA) is 66.8 Å². The Morgan fingerprint density at radius 3 is 2.14 bits per heavy atom. The fraction of sp³-hybridized carbons (Fsp3) is 0.364. The number of fused-ring (bicyclic) bond motifs is 3. The Labute approximate surface area is 165 Å². The first-order valence-corrected chi connectivity index (χ1v) is 9.55. The molecule has 3 aliphatic rings. The van der Waals surface area contributed by atoms with E-state index in [-0.39, 0.29) is 31.9 Å². The third-order valence-corrected chi connectivity index (χ3v) is 6.50. The highest BCUT2D eigenvalue weighted by Gasteiger charge is 2.75. The van der Waals surface area contributed by atoms with Crippen molar-refractivity contribution in [2.75, 3.05) is 13.2 Å². The maximum Gasteiger partial charge on any atom is 0.410 e. The molecule has 7 heteroatoms. The minimum Gasteiger partial charge on any atom is -0.480 e. The predicted octanol–water partition coefficient (Wildman–Crippen LogP) is 4.12. The van der Waals surface area contributed by atoms with Crippen LogP contribution in [0.2, 0.25) is 0 Å². The van der Waals surface area contributed by atoms with Gasteiger partial charge < -0.3 is 9.84 Å². The van der Waals surface area contributed by atoms with E-state index in [1.165, 1.54) is 0 Å². The van der Waals surface area contributed by atoms with Crippen molar-refractivity contribution in [3.05, 3.63) is 59.7 Å². The molecule has 2 aliphatic carbocycles. The van der Waals surface area contributed by atoms with Gasteiger partial charge in [-0.2, -0.15) is 0 Å². The molecule has 1 saturated heterocycles. The van der Waals surface area contributed by atoms with Crippen LogP contribution in [0.3, 0.4) is 0 Å². The van der Waals surface area contributed by atoms with Crippen LogP contribution >= 0.6 is 0 Å². The highest BCUT2D eigenvalue weighted by molar-refractivity contribution is 5.82. The molecule has 150 valence electrons. The average molecular weight is 399 g/mol. The molecular formula is C22H19F2NO4. The van der Waals surface area contributed by atoms with Gasteiger partial charge in [0.15, 0.2) is 0 Å². The molecule has 0 bridgehead atoms. The monoisotopic (exact) mass is 399 g/mol. The first-order chi connectivity index (χ1) is 13.8. The summed E-state index contributed by atoms with van der Waals surface area (Å²) in [5.41, 5.74) is 2.79. The SMILES string of the molecule is O=C(O)[C@@H]1CC2(CN1C(=O)OCC1c3ccccc3-c3ccccc31)CC2(F)F. The number of alkyl halides is 2. The smallest absolute Gasteiger partial charge is 0.410 e. The van der Waals surface area contributed by atoms with E-state index in [4.69, 9.17) is 4.74 Å². The van der Waals surface area contributed by atoms with E-state index >= 15 is 0 Å². The lowest BCUT2D eigenvalue weighted by Crippen LogP contribution is -2.41. The van der Waals surface area contributed by atoms with Crippen LogP contribution in [-0.2, 0) is 9.53 Å². The number of nitrogens with zero attached hydrogens (tertiary/aromatic N) is 1. The summed E-state index contributed by atoms with van der Waals surface area (Å²) in [5, 5.41) is 9.41. The van der Waals surface area contributed by atoms with Crippen LogP contribution < -0.4 is 0 Å². The Bertz CT molecular complexity index is 978. The number of halogens is 2. The summed E-state index contributed by atoms with van der Waals surface area (Å²) in [6.07, 6.45) is -1.46. The zero-order chi connectivity index (χ0) is 20.4. The van der Waals surface area contributed by atoms with Crippen LogP contribution in [0.1, 0.15) is 29.9 Å². The van der Waals surface area contributed by atoms with Gasteiger partial charge in [-0.15, -0.1) is 0 Å². The van der Waals surface area contributed by atoms with Crippen molar-refractivity contribution in [3.63, 3.8) is 0 Å². The number of carboxylic acid groups (broad SMARTS) is 1. The predicted molar refractivity (Wildman–Crippen MR) is 99.8 cm³/mol. The molecule has 1 unspecified atom stereocenters. The van der Waals surface area contributed by atoms with Crippen molar-refractivity contribution in [1.29, 1.82) is 0 Å². The number of aliphatic carboxylic acids is 1. The van der Waals surface area contributed by atoms with E-state index in [0.29, 0.717) is 0 Å². The molecule has 0 aromatic heterocycles. The first-order valence-electron chi connectivity index (χ1n) is 9.55. The van der Waals surface area contributed by atoms with E-state index in [0.717, 1.165) is 27.2 Å². The van der Waals surface area contributed by atoms with E-state index in [1.54, 1.807) is 0 Å². The summed E-state index contributed by atoms with van der Waals surface area (Å²) in [7, 11) is 0. The van der Waals surface area contributed by atoms with Gasteiger partial charge in [0.25, 0.3) is 5.92 Å². The average Bonchev–Trinajstić information content (AvgIpc) is 3.00. The number of carbonyl (C=O) groups is 2. The molecule has 1 spiro atoms. The second-order valence-electron chi connectivity index (χ2n) is 8.15. The number of ether oxygens (including phenoxy) is 1. The zero-order valence-electron chi connectivity index (χ0n) is 15.5. The highest BCUT2D eigenvalue weighted by atomic mass is 19.3. The lowest BCUT2D eigenvalue weighted by Gasteiger charge is -2.22. The van der Waals surface area contributed by atoms with Gasteiger partial charge >= 0.3 is 12.1 Å². The fourth-order valence-electron chi connectivity index (χ4n) is 4.84. The van der Waals surface area contributed by atoms with Crippen molar-refractivity contribution < 1.29 is 28.2 Å². The molecule has 5 nitrogen and oxygen atoms in total. The Morgan fingerprint density at radius 1 is 1.07 bits per heavy atom. The van der Waals surface area contributed by atoms with Crippen LogP contribution in [0, 0.1) is 5.41 Å². The van der Waals surface area contributed by atoms with Gasteiger partial charge in [0.2, 0.25) is 0 Å². The molecule has 2 aromatic rings. The quantitative estimate of drug-likeness (QED) is 0.843. The third kappa shape index (κ3) is 2.63. The number of rotatable bonds is 3. The van der Waals surface area contributed by atoms with Crippen LogP contribution in [0.15, 0.2) is 48.5 Å². The third-order valence-electron chi connectivity index (χ3n) is 6.50. The number of carbonyl (C=O) groups excluding carboxylic acids is 1. The summed E-state index contributed by atoms with van der Waals surface area (Å²) >= 11 is 0. The Hall–Kier alpha value is -2.96. The van der Waals surface area contributed by atoms with Crippen LogP contribution in [0.4, 0.5) is 13.6 Å². The van der Waals surface area contributed by atoms with Crippen LogP contribution in [0.25, 0.3) is 11.1 Å². The number of likely N-dealkylation sites (tertiary alicyclic amines) is 1. The lowest BCUT2D eigenvalue weighted by atomic mass is 9.98. The number of carboxylic acids is 1. The Morgan fingerprint density at radius 2 is 1.62 bits per heavy atom. The highest BCUT2D eigenvalue weighted by Crippen LogP contribution is 2.66. The standard InChI is InChI=1S/C22H19F2NO4/c23-22(24)11-21(22)9-18(19(26)27)25(12-21)20(28)29-10-17-15-7-3-1-5-13(15)14-6-2-4-8-16(14)17/h1-8,17-18H,9-12H2,(H,26,27)/t18-,21?/m0/s1. The van der Waals surface area contributed by atoms with Gasteiger partial charge in [-0.25, -0.2) is 18.4 Å². The summed E-state index contributed by atoms with van der Waals surface area (Å²) in [6, 6.07) is 14.4. The van der Waals surface area contributed by atoms with Crippen molar-refractivity contribution in [1.82, 2.24) is 4.90 Å². The first kappa shape index (κ1) is 18.1. The molecule has 1 aliphatic heterocycles. The van der Waals surface area contributed by atoms with E-state index in [1.807, 2.05) is 48.5 Å². The lowest BCUT2D eigenvalue weighted by molar-refractivity contribution is -0.141. The number of benzene rings is 2. The van der Waals surface area contributed by atoms with Crippen LogP contribution in [-0.4, -0.2) is 47.2 Å². The summed E-state index contributed by atoms with van der Waals surface area (Å²) in [5.74, 6) is -4.37. The number of hydrogen-bond donors (Lipinski definition) is 1. The van der Waals surface area contributed by atoms with Crippen molar-refractivity contribution in [2.24, 2.45) is 5.41 Å². The molecule has 5 rings (SSSR count). The van der Waals surface area contributed by atoms with Gasteiger partial charge in [-0.05, 0) is 28.7 Å². The molecule has 1 amide bonds. The molecule has 1 heterocycles. The Balaban J connectivity index is 1.35. The normalized spacial score (nSPS) is 26.3. The van der Waals surface area contributed by atoms with Gasteiger partial charge in [0.1, 0.15) is 12.6 Å². The molecule has 2 aromatic carbocycles. The Kier molecular flexibility index (Phi) is 3.75. The largest absolute Gasteiger partial charge is 0.480 e. The maximum atomic E-state index is 13.8. The molecule has 1 N–H and O–H groups in total. The molecule has 0 radical (unpaired) electrons. The van der Waals surface area contributed by atoms with E-state index < -0.39 is 29.4 Å².